The lowest BCUT2D eigenvalue weighted by Gasteiger charge is -2.08. The van der Waals surface area contributed by atoms with Crippen LogP contribution in [0.15, 0.2) is 60.3 Å². The maximum absolute atomic E-state index is 12.5. The molecule has 0 saturated heterocycles. The van der Waals surface area contributed by atoms with Crippen molar-refractivity contribution in [1.29, 1.82) is 5.26 Å². The van der Waals surface area contributed by atoms with Gasteiger partial charge in [0.05, 0.1) is 5.56 Å². The summed E-state index contributed by atoms with van der Waals surface area (Å²) in [6, 6.07) is 12.8. The lowest BCUT2D eigenvalue weighted by molar-refractivity contribution is -0.137. The molecule has 26 heavy (non-hydrogen) atoms. The summed E-state index contributed by atoms with van der Waals surface area (Å²) < 4.78 is 37.5. The predicted molar refractivity (Wildman–Crippen MR) is 92.1 cm³/mol. The normalized spacial score (nSPS) is 11.6. The maximum atomic E-state index is 12.5. The lowest BCUT2D eigenvalue weighted by atomic mass is 10.2. The number of hydrogen-bond donors (Lipinski definition) is 2. The van der Waals surface area contributed by atoms with E-state index in [1.807, 2.05) is 0 Å². The maximum Gasteiger partial charge on any atom is 0.416 e. The summed E-state index contributed by atoms with van der Waals surface area (Å²) in [4.78, 5) is 12.0. The van der Waals surface area contributed by atoms with Gasteiger partial charge in [-0.15, -0.1) is 0 Å². The molecule has 4 nitrogen and oxygen atoms in total. The first kappa shape index (κ1) is 19.3. The summed E-state index contributed by atoms with van der Waals surface area (Å²) in [5.74, 6) is -0.609. The van der Waals surface area contributed by atoms with Gasteiger partial charge in [-0.1, -0.05) is 23.7 Å². The lowest BCUT2D eigenvalue weighted by Crippen LogP contribution is -2.24. The molecule has 0 fully saturated rings. The molecule has 0 atom stereocenters. The van der Waals surface area contributed by atoms with Gasteiger partial charge in [-0.3, -0.25) is 4.79 Å². The second-order valence-corrected chi connectivity index (χ2v) is 5.63. The Morgan fingerprint density at radius 2 is 1.73 bits per heavy atom. The van der Waals surface area contributed by atoms with Gasteiger partial charge < -0.3 is 10.6 Å². The zero-order chi connectivity index (χ0) is 19.2. The Morgan fingerprint density at radius 1 is 1.12 bits per heavy atom. The van der Waals surface area contributed by atoms with Crippen LogP contribution in [0.25, 0.3) is 0 Å². The molecule has 1 amide bonds. The highest BCUT2D eigenvalue weighted by Crippen LogP contribution is 2.29. The average molecular weight is 380 g/mol. The van der Waals surface area contributed by atoms with Crippen LogP contribution in [-0.2, 0) is 17.5 Å². The van der Waals surface area contributed by atoms with Crippen LogP contribution in [0.4, 0.5) is 18.9 Å². The number of nitrogens with zero attached hydrogens (tertiary/aromatic N) is 1. The highest BCUT2D eigenvalue weighted by Gasteiger charge is 2.29. The first-order valence-corrected chi connectivity index (χ1v) is 7.74. The number of hydrogen-bond acceptors (Lipinski definition) is 3. The summed E-state index contributed by atoms with van der Waals surface area (Å²) in [5, 5.41) is 14.8. The Kier molecular flexibility index (Phi) is 6.26. The molecule has 134 valence electrons. The predicted octanol–water partition coefficient (Wildman–Crippen LogP) is 4.49. The monoisotopic (exact) mass is 379 g/mol. The van der Waals surface area contributed by atoms with Crippen molar-refractivity contribution in [3.63, 3.8) is 0 Å². The van der Waals surface area contributed by atoms with Crippen LogP contribution in [0.2, 0.25) is 5.02 Å². The van der Waals surface area contributed by atoms with E-state index in [1.54, 1.807) is 30.3 Å². The molecule has 0 unspecified atom stereocenters. The smallest absolute Gasteiger partial charge is 0.360 e. The Bertz CT molecular complexity index is 838. The third kappa shape index (κ3) is 5.53. The van der Waals surface area contributed by atoms with Crippen LogP contribution in [0.3, 0.4) is 0 Å². The van der Waals surface area contributed by atoms with Gasteiger partial charge in [-0.2, -0.15) is 18.4 Å². The zero-order valence-corrected chi connectivity index (χ0v) is 14.0. The second-order valence-electron chi connectivity index (χ2n) is 5.20. The zero-order valence-electron chi connectivity index (χ0n) is 13.3. The molecule has 8 heteroatoms. The van der Waals surface area contributed by atoms with Crippen molar-refractivity contribution in [3.8, 4) is 6.07 Å². The van der Waals surface area contributed by atoms with Gasteiger partial charge >= 0.3 is 6.18 Å². The number of alkyl halides is 3. The molecule has 0 heterocycles. The molecule has 0 aliphatic heterocycles. The van der Waals surface area contributed by atoms with Crippen LogP contribution >= 0.6 is 11.6 Å². The molecule has 0 saturated carbocycles. The Morgan fingerprint density at radius 3 is 2.27 bits per heavy atom. The first-order valence-electron chi connectivity index (χ1n) is 7.36. The Balaban J connectivity index is 1.97. The third-order valence-corrected chi connectivity index (χ3v) is 3.58. The van der Waals surface area contributed by atoms with E-state index in [9.17, 15) is 18.0 Å². The SMILES string of the molecule is N#C/C(=C/Nc1ccc(C(F)(F)F)cc1)C(=O)NCc1ccc(Cl)cc1. The van der Waals surface area contributed by atoms with Gasteiger partial charge in [-0.05, 0) is 42.0 Å². The van der Waals surface area contributed by atoms with E-state index >= 15 is 0 Å². The number of benzene rings is 2. The molecule has 2 aromatic carbocycles. The number of carbonyl (C=O) groups is 1. The standard InChI is InChI=1S/C18H13ClF3N3O/c19-15-5-1-12(2-6-15)10-25-17(26)13(9-23)11-24-16-7-3-14(4-8-16)18(20,21)22/h1-8,11,24H,10H2,(H,25,26)/b13-11-. The average Bonchev–Trinajstić information content (AvgIpc) is 2.61. The molecule has 2 N–H and O–H groups in total. The molecule has 0 aliphatic rings. The summed E-state index contributed by atoms with van der Waals surface area (Å²) in [7, 11) is 0. The number of halogens is 4. The number of amides is 1. The van der Waals surface area contributed by atoms with E-state index in [2.05, 4.69) is 10.6 Å². The Hall–Kier alpha value is -2.98. The largest absolute Gasteiger partial charge is 0.416 e. The van der Waals surface area contributed by atoms with Crippen molar-refractivity contribution < 1.29 is 18.0 Å². The van der Waals surface area contributed by atoms with E-state index in [0.29, 0.717) is 10.7 Å². The summed E-state index contributed by atoms with van der Waals surface area (Å²) in [6.07, 6.45) is -3.28. The number of rotatable bonds is 5. The molecular weight excluding hydrogens is 367 g/mol. The van der Waals surface area contributed by atoms with Gasteiger partial charge in [-0.25, -0.2) is 0 Å². The second kappa shape index (κ2) is 8.41. The third-order valence-electron chi connectivity index (χ3n) is 3.33. The minimum Gasteiger partial charge on any atom is -0.360 e. The van der Waals surface area contributed by atoms with E-state index in [4.69, 9.17) is 16.9 Å². The van der Waals surface area contributed by atoms with Crippen molar-refractivity contribution in [2.45, 2.75) is 12.7 Å². The van der Waals surface area contributed by atoms with Crippen molar-refractivity contribution in [3.05, 3.63) is 76.5 Å². The minimum atomic E-state index is -4.42. The van der Waals surface area contributed by atoms with Crippen LogP contribution in [0.5, 0.6) is 0 Å². The van der Waals surface area contributed by atoms with E-state index in [0.717, 1.165) is 23.9 Å². The number of anilines is 1. The van der Waals surface area contributed by atoms with E-state index < -0.39 is 17.6 Å². The van der Waals surface area contributed by atoms with Gasteiger partial charge in [0.25, 0.3) is 5.91 Å². The molecule has 0 aliphatic carbocycles. The molecule has 0 radical (unpaired) electrons. The van der Waals surface area contributed by atoms with E-state index in [1.165, 1.54) is 12.1 Å². The Labute approximate surface area is 152 Å². The van der Waals surface area contributed by atoms with Gasteiger partial charge in [0.2, 0.25) is 0 Å². The molecule has 2 aromatic rings. The topological polar surface area (TPSA) is 64.9 Å². The molecular formula is C18H13ClF3N3O. The fourth-order valence-electron chi connectivity index (χ4n) is 1.94. The van der Waals surface area contributed by atoms with Gasteiger partial charge in [0.15, 0.2) is 0 Å². The molecule has 2 rings (SSSR count). The van der Waals surface area contributed by atoms with Crippen LogP contribution < -0.4 is 10.6 Å². The van der Waals surface area contributed by atoms with E-state index in [-0.39, 0.29) is 12.1 Å². The summed E-state index contributed by atoms with van der Waals surface area (Å²) in [5.41, 5.74) is 0.124. The first-order chi connectivity index (χ1) is 12.3. The van der Waals surface area contributed by atoms with Gasteiger partial charge in [0.1, 0.15) is 11.6 Å². The van der Waals surface area contributed by atoms with Crippen molar-refractivity contribution in [2.75, 3.05) is 5.32 Å². The highest BCUT2D eigenvalue weighted by molar-refractivity contribution is 6.30. The van der Waals surface area contributed by atoms with Crippen LogP contribution in [0.1, 0.15) is 11.1 Å². The molecule has 0 spiro atoms. The van der Waals surface area contributed by atoms with Crippen LogP contribution in [-0.4, -0.2) is 5.91 Å². The fraction of sp³-hybridized carbons (Fsp3) is 0.111. The summed E-state index contributed by atoms with van der Waals surface area (Å²) >= 11 is 5.77. The fourth-order valence-corrected chi connectivity index (χ4v) is 2.07. The van der Waals surface area contributed by atoms with Crippen molar-refractivity contribution in [2.24, 2.45) is 0 Å². The number of carbonyl (C=O) groups excluding carboxylic acids is 1. The quantitative estimate of drug-likeness (QED) is 0.594. The highest BCUT2D eigenvalue weighted by atomic mass is 35.5. The molecule has 0 bridgehead atoms. The van der Waals surface area contributed by atoms with Crippen LogP contribution in [0, 0.1) is 11.3 Å². The summed E-state index contributed by atoms with van der Waals surface area (Å²) in [6.45, 7) is 0.204. The van der Waals surface area contributed by atoms with Crippen molar-refractivity contribution >= 4 is 23.2 Å². The molecule has 0 aromatic heterocycles. The number of nitrogens with one attached hydrogen (secondary N) is 2. The minimum absolute atomic E-state index is 0.204. The van der Waals surface area contributed by atoms with Gasteiger partial charge in [0, 0.05) is 23.5 Å². The van der Waals surface area contributed by atoms with Crippen molar-refractivity contribution in [1.82, 2.24) is 5.32 Å². The number of nitriles is 1.